The Balaban J connectivity index is 2.14. The van der Waals surface area contributed by atoms with Crippen LogP contribution in [0, 0.1) is 0 Å². The van der Waals surface area contributed by atoms with Crippen LogP contribution >= 0.6 is 0 Å². The number of methoxy groups -OCH3 is 1. The lowest BCUT2D eigenvalue weighted by Crippen LogP contribution is -2.13. The van der Waals surface area contributed by atoms with E-state index in [1.54, 1.807) is 14.0 Å². The maximum absolute atomic E-state index is 11.7. The van der Waals surface area contributed by atoms with E-state index < -0.39 is 0 Å². The van der Waals surface area contributed by atoms with Crippen LogP contribution < -0.4 is 0 Å². The SMILES string of the molecule is COCCCCc1c(C(C)=O)nc2n1CCCC2. The molecule has 1 aliphatic rings. The van der Waals surface area contributed by atoms with Crippen LogP contribution in [0.4, 0.5) is 0 Å². The number of fused-ring (bicyclic) bond motifs is 1. The molecule has 2 heterocycles. The van der Waals surface area contributed by atoms with Gasteiger partial charge < -0.3 is 9.30 Å². The number of hydrogen-bond donors (Lipinski definition) is 0. The first-order chi connectivity index (χ1) is 8.74. The smallest absolute Gasteiger partial charge is 0.179 e. The number of nitrogens with zero attached hydrogens (tertiary/aromatic N) is 2. The van der Waals surface area contributed by atoms with E-state index in [0.717, 1.165) is 50.4 Å². The summed E-state index contributed by atoms with van der Waals surface area (Å²) in [6, 6.07) is 0. The zero-order chi connectivity index (χ0) is 13.0. The van der Waals surface area contributed by atoms with Gasteiger partial charge in [-0.15, -0.1) is 0 Å². The van der Waals surface area contributed by atoms with Crippen molar-refractivity contribution < 1.29 is 9.53 Å². The summed E-state index contributed by atoms with van der Waals surface area (Å²) >= 11 is 0. The number of hydrogen-bond acceptors (Lipinski definition) is 3. The Kier molecular flexibility index (Phi) is 4.53. The minimum Gasteiger partial charge on any atom is -0.385 e. The fourth-order valence-corrected chi connectivity index (χ4v) is 2.62. The highest BCUT2D eigenvalue weighted by Gasteiger charge is 2.21. The van der Waals surface area contributed by atoms with Gasteiger partial charge in [-0.05, 0) is 32.1 Å². The lowest BCUT2D eigenvalue weighted by molar-refractivity contribution is 0.101. The number of aryl methyl sites for hydroxylation is 1. The van der Waals surface area contributed by atoms with Crippen molar-refractivity contribution in [2.45, 2.75) is 52.0 Å². The molecular formula is C14H22N2O2. The summed E-state index contributed by atoms with van der Waals surface area (Å²) in [7, 11) is 1.72. The molecule has 2 rings (SSSR count). The average molecular weight is 250 g/mol. The second kappa shape index (κ2) is 6.14. The monoisotopic (exact) mass is 250 g/mol. The van der Waals surface area contributed by atoms with Crippen LogP contribution in [0.1, 0.15) is 54.6 Å². The first kappa shape index (κ1) is 13.3. The first-order valence-electron chi connectivity index (χ1n) is 6.82. The molecule has 4 heteroatoms. The first-order valence-corrected chi connectivity index (χ1v) is 6.82. The molecule has 0 unspecified atom stereocenters. The normalized spacial score (nSPS) is 14.6. The maximum Gasteiger partial charge on any atom is 0.179 e. The molecule has 0 N–H and O–H groups in total. The standard InChI is InChI=1S/C14H22N2O2/c1-11(17)14-12(7-4-6-10-18-2)16-9-5-3-8-13(16)15-14/h3-10H2,1-2H3. The molecule has 1 aliphatic heterocycles. The van der Waals surface area contributed by atoms with Crippen molar-refractivity contribution in [3.05, 3.63) is 17.2 Å². The van der Waals surface area contributed by atoms with Gasteiger partial charge >= 0.3 is 0 Å². The molecule has 0 saturated carbocycles. The summed E-state index contributed by atoms with van der Waals surface area (Å²) < 4.78 is 7.33. The van der Waals surface area contributed by atoms with Crippen LogP contribution in [-0.2, 0) is 24.1 Å². The van der Waals surface area contributed by atoms with Gasteiger partial charge in [0, 0.05) is 39.3 Å². The van der Waals surface area contributed by atoms with Gasteiger partial charge in [-0.1, -0.05) is 0 Å². The van der Waals surface area contributed by atoms with Gasteiger partial charge in [0.2, 0.25) is 0 Å². The van der Waals surface area contributed by atoms with Gasteiger partial charge in [0.05, 0.1) is 0 Å². The Morgan fingerprint density at radius 1 is 1.39 bits per heavy atom. The average Bonchev–Trinajstić information content (AvgIpc) is 2.74. The quantitative estimate of drug-likeness (QED) is 0.575. The lowest BCUT2D eigenvalue weighted by atomic mass is 10.1. The highest BCUT2D eigenvalue weighted by Crippen LogP contribution is 2.21. The lowest BCUT2D eigenvalue weighted by Gasteiger charge is -2.16. The van der Waals surface area contributed by atoms with Gasteiger partial charge in [0.25, 0.3) is 0 Å². The molecule has 100 valence electrons. The number of ether oxygens (including phenoxy) is 1. The number of Topliss-reactive ketones (excluding diaryl/α,β-unsaturated/α-hetero) is 1. The summed E-state index contributed by atoms with van der Waals surface area (Å²) in [5, 5.41) is 0. The topological polar surface area (TPSA) is 44.1 Å². The Labute approximate surface area is 108 Å². The number of rotatable bonds is 6. The molecule has 0 bridgehead atoms. The molecule has 0 aliphatic carbocycles. The summed E-state index contributed by atoms with van der Waals surface area (Å²) in [6.07, 6.45) is 6.43. The molecule has 0 radical (unpaired) electrons. The summed E-state index contributed by atoms with van der Waals surface area (Å²) in [5.74, 6) is 1.20. The third kappa shape index (κ3) is 2.80. The van der Waals surface area contributed by atoms with E-state index >= 15 is 0 Å². The summed E-state index contributed by atoms with van der Waals surface area (Å²) in [5.41, 5.74) is 1.85. The molecule has 1 aromatic heterocycles. The molecule has 0 atom stereocenters. The molecule has 0 amide bonds. The second-order valence-electron chi connectivity index (χ2n) is 4.94. The van der Waals surface area contributed by atoms with E-state index in [9.17, 15) is 4.79 Å². The maximum atomic E-state index is 11.7. The van der Waals surface area contributed by atoms with E-state index in [1.165, 1.54) is 12.8 Å². The van der Waals surface area contributed by atoms with Crippen molar-refractivity contribution in [1.82, 2.24) is 9.55 Å². The van der Waals surface area contributed by atoms with Crippen LogP contribution in [0.15, 0.2) is 0 Å². The largest absolute Gasteiger partial charge is 0.385 e. The molecule has 18 heavy (non-hydrogen) atoms. The highest BCUT2D eigenvalue weighted by molar-refractivity contribution is 5.93. The Bertz CT molecular complexity index is 424. The summed E-state index contributed by atoms with van der Waals surface area (Å²) in [4.78, 5) is 16.2. The van der Waals surface area contributed by atoms with Crippen molar-refractivity contribution in [3.8, 4) is 0 Å². The molecule has 0 saturated heterocycles. The van der Waals surface area contributed by atoms with Crippen molar-refractivity contribution >= 4 is 5.78 Å². The van der Waals surface area contributed by atoms with Gasteiger partial charge in [-0.2, -0.15) is 0 Å². The van der Waals surface area contributed by atoms with Gasteiger partial charge in [0.15, 0.2) is 5.78 Å². The predicted molar refractivity (Wildman–Crippen MR) is 70.0 cm³/mol. The Morgan fingerprint density at radius 3 is 2.94 bits per heavy atom. The van der Waals surface area contributed by atoms with Crippen molar-refractivity contribution in [3.63, 3.8) is 0 Å². The van der Waals surface area contributed by atoms with Crippen LogP contribution in [0.2, 0.25) is 0 Å². The van der Waals surface area contributed by atoms with Crippen molar-refractivity contribution in [2.24, 2.45) is 0 Å². The van der Waals surface area contributed by atoms with Crippen LogP contribution in [-0.4, -0.2) is 29.1 Å². The van der Waals surface area contributed by atoms with E-state index in [-0.39, 0.29) is 5.78 Å². The molecule has 0 aromatic carbocycles. The number of imidazole rings is 1. The minimum absolute atomic E-state index is 0.0960. The van der Waals surface area contributed by atoms with Crippen LogP contribution in [0.3, 0.4) is 0 Å². The minimum atomic E-state index is 0.0960. The number of unbranched alkanes of at least 4 members (excludes halogenated alkanes) is 1. The number of carbonyl (C=O) groups is 1. The fourth-order valence-electron chi connectivity index (χ4n) is 2.62. The third-order valence-electron chi connectivity index (χ3n) is 3.53. The van der Waals surface area contributed by atoms with Crippen LogP contribution in [0.5, 0.6) is 0 Å². The fraction of sp³-hybridized carbons (Fsp3) is 0.714. The van der Waals surface area contributed by atoms with E-state index in [0.29, 0.717) is 5.69 Å². The number of aromatic nitrogens is 2. The molecule has 0 spiro atoms. The molecule has 1 aromatic rings. The van der Waals surface area contributed by atoms with Crippen molar-refractivity contribution in [1.29, 1.82) is 0 Å². The van der Waals surface area contributed by atoms with Crippen molar-refractivity contribution in [2.75, 3.05) is 13.7 Å². The zero-order valence-corrected chi connectivity index (χ0v) is 11.4. The van der Waals surface area contributed by atoms with Gasteiger partial charge in [-0.3, -0.25) is 4.79 Å². The molecule has 4 nitrogen and oxygen atoms in total. The number of ketones is 1. The van der Waals surface area contributed by atoms with E-state index in [2.05, 4.69) is 9.55 Å². The predicted octanol–water partition coefficient (Wildman–Crippen LogP) is 2.39. The van der Waals surface area contributed by atoms with E-state index in [4.69, 9.17) is 4.74 Å². The van der Waals surface area contributed by atoms with Crippen LogP contribution in [0.25, 0.3) is 0 Å². The Morgan fingerprint density at radius 2 is 2.22 bits per heavy atom. The Hall–Kier alpha value is -1.16. The second-order valence-corrected chi connectivity index (χ2v) is 4.94. The molecule has 0 fully saturated rings. The van der Waals surface area contributed by atoms with Gasteiger partial charge in [0.1, 0.15) is 11.5 Å². The van der Waals surface area contributed by atoms with E-state index in [1.807, 2.05) is 0 Å². The molecular weight excluding hydrogens is 228 g/mol. The highest BCUT2D eigenvalue weighted by atomic mass is 16.5. The number of carbonyl (C=O) groups excluding carboxylic acids is 1. The summed E-state index contributed by atoms with van der Waals surface area (Å²) in [6.45, 7) is 3.43. The third-order valence-corrected chi connectivity index (χ3v) is 3.53. The zero-order valence-electron chi connectivity index (χ0n) is 11.4. The van der Waals surface area contributed by atoms with Gasteiger partial charge in [-0.25, -0.2) is 4.98 Å².